The number of nitrogens with zero attached hydrogens (tertiary/aromatic N) is 3. The highest BCUT2D eigenvalue weighted by Crippen LogP contribution is 2.26. The quantitative estimate of drug-likeness (QED) is 0.533. The lowest BCUT2D eigenvalue weighted by Gasteiger charge is -2.08. The van der Waals surface area contributed by atoms with Crippen LogP contribution in [-0.4, -0.2) is 14.6 Å². The molecule has 2 heterocycles. The van der Waals surface area contributed by atoms with Crippen molar-refractivity contribution in [2.75, 3.05) is 5.32 Å². The molecular formula is C22H20N4O. The first-order valence-electron chi connectivity index (χ1n) is 8.74. The van der Waals surface area contributed by atoms with Crippen LogP contribution in [0.25, 0.3) is 16.8 Å². The van der Waals surface area contributed by atoms with Gasteiger partial charge >= 0.3 is 0 Å². The van der Waals surface area contributed by atoms with E-state index in [0.717, 1.165) is 33.8 Å². The molecule has 1 N–H and O–H groups in total. The fraction of sp³-hybridized carbons (Fsp3) is 0.0909. The molecule has 0 aliphatic heterocycles. The summed E-state index contributed by atoms with van der Waals surface area (Å²) in [6, 6.07) is 22.2. The van der Waals surface area contributed by atoms with Crippen LogP contribution in [-0.2, 0) is 6.61 Å². The van der Waals surface area contributed by atoms with Gasteiger partial charge in [0.2, 0.25) is 5.95 Å². The highest BCUT2D eigenvalue weighted by Gasteiger charge is 2.10. The monoisotopic (exact) mass is 356 g/mol. The molecule has 0 saturated heterocycles. The van der Waals surface area contributed by atoms with Crippen LogP contribution in [0.1, 0.15) is 12.5 Å². The van der Waals surface area contributed by atoms with Gasteiger partial charge in [0, 0.05) is 17.5 Å². The molecule has 0 aliphatic carbocycles. The van der Waals surface area contributed by atoms with Gasteiger partial charge in [-0.15, -0.1) is 5.10 Å². The topological polar surface area (TPSA) is 51.5 Å². The second kappa shape index (κ2) is 7.33. The molecule has 0 radical (unpaired) electrons. The summed E-state index contributed by atoms with van der Waals surface area (Å²) in [5.41, 5.74) is 4.80. The molecule has 134 valence electrons. The Hall–Kier alpha value is -3.60. The van der Waals surface area contributed by atoms with Gasteiger partial charge in [0.05, 0.1) is 0 Å². The van der Waals surface area contributed by atoms with Crippen molar-refractivity contribution < 1.29 is 4.74 Å². The number of anilines is 1. The third-order valence-electron chi connectivity index (χ3n) is 4.10. The second-order valence-corrected chi connectivity index (χ2v) is 6.33. The molecule has 0 fully saturated rings. The van der Waals surface area contributed by atoms with Crippen molar-refractivity contribution in [3.63, 3.8) is 0 Å². The van der Waals surface area contributed by atoms with Gasteiger partial charge in [-0.2, -0.15) is 4.98 Å². The average molecular weight is 356 g/mol. The van der Waals surface area contributed by atoms with E-state index in [1.165, 1.54) is 0 Å². The van der Waals surface area contributed by atoms with Crippen molar-refractivity contribution in [3.8, 4) is 16.9 Å². The van der Waals surface area contributed by atoms with Crippen LogP contribution in [0.2, 0.25) is 0 Å². The molecule has 2 aromatic carbocycles. The molecule has 2 aromatic heterocycles. The lowest BCUT2D eigenvalue weighted by atomic mass is 10.1. The number of nitrogens with one attached hydrogen (secondary N) is 1. The fourth-order valence-corrected chi connectivity index (χ4v) is 2.85. The van der Waals surface area contributed by atoms with E-state index in [1.807, 2.05) is 67.7 Å². The zero-order valence-corrected chi connectivity index (χ0v) is 15.1. The van der Waals surface area contributed by atoms with Gasteiger partial charge in [0.25, 0.3) is 0 Å². The normalized spacial score (nSPS) is 10.7. The summed E-state index contributed by atoms with van der Waals surface area (Å²) >= 11 is 0. The molecule has 5 heteroatoms. The van der Waals surface area contributed by atoms with E-state index >= 15 is 0 Å². The van der Waals surface area contributed by atoms with Crippen molar-refractivity contribution >= 4 is 11.6 Å². The number of ether oxygens (including phenoxy) is 1. The van der Waals surface area contributed by atoms with E-state index < -0.39 is 0 Å². The lowest BCUT2D eigenvalue weighted by molar-refractivity contribution is 0.306. The smallest absolute Gasteiger partial charge is 0.247 e. The molecule has 0 saturated carbocycles. The Kier molecular flexibility index (Phi) is 4.58. The first-order chi connectivity index (χ1) is 13.2. The lowest BCUT2D eigenvalue weighted by Crippen LogP contribution is -1.95. The molecule has 5 nitrogen and oxygen atoms in total. The zero-order valence-electron chi connectivity index (χ0n) is 15.1. The fourth-order valence-electron chi connectivity index (χ4n) is 2.85. The maximum Gasteiger partial charge on any atom is 0.247 e. The largest absolute Gasteiger partial charge is 0.489 e. The van der Waals surface area contributed by atoms with E-state index in [2.05, 4.69) is 34.1 Å². The van der Waals surface area contributed by atoms with Gasteiger partial charge in [-0.05, 0) is 42.3 Å². The SMILES string of the molecule is C=C(C)Nc1nc2c(-c3ccc(OCc4ccccc4)cc3)cccn2n1. The Morgan fingerprint density at radius 3 is 2.56 bits per heavy atom. The van der Waals surface area contributed by atoms with Crippen LogP contribution in [0.5, 0.6) is 5.75 Å². The van der Waals surface area contributed by atoms with Gasteiger partial charge < -0.3 is 10.1 Å². The predicted molar refractivity (Wildman–Crippen MR) is 108 cm³/mol. The Morgan fingerprint density at radius 2 is 1.81 bits per heavy atom. The molecular weight excluding hydrogens is 336 g/mol. The summed E-state index contributed by atoms with van der Waals surface area (Å²) in [7, 11) is 0. The van der Waals surface area contributed by atoms with Gasteiger partial charge in [-0.3, -0.25) is 0 Å². The molecule has 4 rings (SSSR count). The molecule has 0 bridgehead atoms. The maximum absolute atomic E-state index is 5.87. The number of aromatic nitrogens is 3. The van der Waals surface area contributed by atoms with Crippen LogP contribution in [0.3, 0.4) is 0 Å². The van der Waals surface area contributed by atoms with Crippen LogP contribution < -0.4 is 10.1 Å². The molecule has 0 atom stereocenters. The number of hydrogen-bond acceptors (Lipinski definition) is 4. The van der Waals surface area contributed by atoms with Crippen LogP contribution in [0.15, 0.2) is 85.2 Å². The predicted octanol–water partition coefficient (Wildman–Crippen LogP) is 4.92. The minimum absolute atomic E-state index is 0.540. The Bertz CT molecular complexity index is 1070. The van der Waals surface area contributed by atoms with Crippen LogP contribution in [0.4, 0.5) is 5.95 Å². The van der Waals surface area contributed by atoms with Crippen molar-refractivity contribution in [2.24, 2.45) is 0 Å². The van der Waals surface area contributed by atoms with Gasteiger partial charge in [-0.1, -0.05) is 49.0 Å². The summed E-state index contributed by atoms with van der Waals surface area (Å²) in [6.07, 6.45) is 1.88. The minimum Gasteiger partial charge on any atom is -0.489 e. The van der Waals surface area contributed by atoms with Gasteiger partial charge in [0.15, 0.2) is 5.65 Å². The molecule has 0 aliphatic rings. The van der Waals surface area contributed by atoms with E-state index in [9.17, 15) is 0 Å². The summed E-state index contributed by atoms with van der Waals surface area (Å²) in [5.74, 6) is 1.37. The van der Waals surface area contributed by atoms with E-state index in [1.54, 1.807) is 4.52 Å². The van der Waals surface area contributed by atoms with Crippen molar-refractivity contribution in [2.45, 2.75) is 13.5 Å². The van der Waals surface area contributed by atoms with Crippen molar-refractivity contribution in [1.29, 1.82) is 0 Å². The first-order valence-corrected chi connectivity index (χ1v) is 8.74. The Morgan fingerprint density at radius 1 is 1.04 bits per heavy atom. The number of pyridine rings is 1. The standard InChI is InChI=1S/C22H20N4O/c1-16(2)23-22-24-21-20(9-6-14-26(21)25-22)18-10-12-19(13-11-18)27-15-17-7-4-3-5-8-17/h3-14H,1,15H2,2H3,(H,23,25). The maximum atomic E-state index is 5.87. The highest BCUT2D eigenvalue weighted by molar-refractivity contribution is 5.78. The first kappa shape index (κ1) is 16.8. The molecule has 0 amide bonds. The summed E-state index contributed by atoms with van der Waals surface area (Å²) in [6.45, 7) is 6.26. The van der Waals surface area contributed by atoms with E-state index in [0.29, 0.717) is 12.6 Å². The Balaban J connectivity index is 1.56. The third kappa shape index (κ3) is 3.82. The number of fused-ring (bicyclic) bond motifs is 1. The number of hydrogen-bond donors (Lipinski definition) is 1. The van der Waals surface area contributed by atoms with Crippen LogP contribution in [0, 0.1) is 0 Å². The second-order valence-electron chi connectivity index (χ2n) is 6.33. The summed E-state index contributed by atoms with van der Waals surface area (Å²) in [5, 5.41) is 7.49. The summed E-state index contributed by atoms with van der Waals surface area (Å²) < 4.78 is 7.63. The highest BCUT2D eigenvalue weighted by atomic mass is 16.5. The Labute approximate surface area is 158 Å². The van der Waals surface area contributed by atoms with Crippen LogP contribution >= 0.6 is 0 Å². The number of allylic oxidation sites excluding steroid dienone is 1. The van der Waals surface area contributed by atoms with Gasteiger partial charge in [-0.25, -0.2) is 4.52 Å². The molecule has 4 aromatic rings. The number of benzene rings is 2. The van der Waals surface area contributed by atoms with E-state index in [-0.39, 0.29) is 0 Å². The minimum atomic E-state index is 0.540. The van der Waals surface area contributed by atoms with Gasteiger partial charge in [0.1, 0.15) is 12.4 Å². The summed E-state index contributed by atoms with van der Waals surface area (Å²) in [4.78, 5) is 4.58. The molecule has 27 heavy (non-hydrogen) atoms. The third-order valence-corrected chi connectivity index (χ3v) is 4.10. The zero-order chi connectivity index (χ0) is 18.6. The van der Waals surface area contributed by atoms with E-state index in [4.69, 9.17) is 4.74 Å². The van der Waals surface area contributed by atoms with Crippen molar-refractivity contribution in [1.82, 2.24) is 14.6 Å². The molecule has 0 spiro atoms. The average Bonchev–Trinajstić information content (AvgIpc) is 3.09. The van der Waals surface area contributed by atoms with Crippen molar-refractivity contribution in [3.05, 3.63) is 90.8 Å². The molecule has 0 unspecified atom stereocenters. The number of rotatable bonds is 6.